The average molecular weight is 343 g/mol. The maximum atomic E-state index is 8.34. The highest BCUT2D eigenvalue weighted by atomic mass is 32.1. The topological polar surface area (TPSA) is 52.1 Å². The van der Waals surface area contributed by atoms with Gasteiger partial charge in [-0.25, -0.2) is 0 Å². The molecule has 2 aromatic carbocycles. The van der Waals surface area contributed by atoms with Gasteiger partial charge in [-0.3, -0.25) is 10.3 Å². The molecule has 0 bridgehead atoms. The summed E-state index contributed by atoms with van der Waals surface area (Å²) in [7, 11) is 0. The van der Waals surface area contributed by atoms with Gasteiger partial charge in [-0.1, -0.05) is 18.2 Å². The van der Waals surface area contributed by atoms with Crippen LogP contribution in [-0.4, -0.2) is 17.0 Å². The number of amidine groups is 1. The fourth-order valence-corrected chi connectivity index (χ4v) is 3.53. The highest BCUT2D eigenvalue weighted by Crippen LogP contribution is 2.27. The molecule has 2 N–H and O–H groups in total. The van der Waals surface area contributed by atoms with Crippen molar-refractivity contribution >= 4 is 45.5 Å². The lowest BCUT2D eigenvalue weighted by molar-refractivity contribution is 0.517. The monoisotopic (exact) mass is 343 g/mol. The molecule has 0 fully saturated rings. The van der Waals surface area contributed by atoms with Crippen LogP contribution in [0.2, 0.25) is 0 Å². The molecular formula is C17H17N3OS2. The first-order valence-electron chi connectivity index (χ1n) is 7.28. The fourth-order valence-electron chi connectivity index (χ4n) is 2.38. The molecule has 6 heteroatoms. The summed E-state index contributed by atoms with van der Waals surface area (Å²) in [6.45, 7) is 4.07. The van der Waals surface area contributed by atoms with Gasteiger partial charge >= 0.3 is 0 Å². The molecule has 0 saturated carbocycles. The largest absolute Gasteiger partial charge is 0.426 e. The number of nitrogens with one attached hydrogen (secondary N) is 2. The zero-order valence-corrected chi connectivity index (χ0v) is 14.5. The van der Waals surface area contributed by atoms with E-state index in [-0.39, 0.29) is 12.1 Å². The number of aromatic amines is 1. The van der Waals surface area contributed by atoms with Gasteiger partial charge in [0.2, 0.25) is 0 Å². The zero-order valence-electron chi connectivity index (χ0n) is 12.9. The van der Waals surface area contributed by atoms with E-state index in [0.717, 1.165) is 19.9 Å². The maximum Gasteiger partial charge on any atom is 0.294 e. The van der Waals surface area contributed by atoms with Crippen LogP contribution < -0.4 is 9.64 Å². The lowest BCUT2D eigenvalue weighted by atomic mass is 10.2. The molecule has 3 aromatic rings. The van der Waals surface area contributed by atoms with Crippen LogP contribution in [0.1, 0.15) is 13.8 Å². The average Bonchev–Trinajstić information content (AvgIpc) is 2.87. The quantitative estimate of drug-likeness (QED) is 0.391. The second-order valence-electron chi connectivity index (χ2n) is 5.38. The highest BCUT2D eigenvalue weighted by Gasteiger charge is 2.18. The van der Waals surface area contributed by atoms with E-state index in [0.29, 0.717) is 5.75 Å². The third-order valence-corrected chi connectivity index (χ3v) is 4.57. The van der Waals surface area contributed by atoms with Crippen LogP contribution in [0, 0.1) is 9.36 Å². The number of aromatic nitrogens is 1. The van der Waals surface area contributed by atoms with Crippen LogP contribution in [0.4, 0.5) is 5.69 Å². The van der Waals surface area contributed by atoms with Crippen molar-refractivity contribution in [3.8, 4) is 5.75 Å². The minimum absolute atomic E-state index is 0.0931. The first kappa shape index (κ1) is 15.7. The van der Waals surface area contributed by atoms with E-state index in [4.69, 9.17) is 22.4 Å². The molecule has 0 atom stereocenters. The number of thiazole rings is 1. The first-order valence-corrected chi connectivity index (χ1v) is 8.50. The van der Waals surface area contributed by atoms with Gasteiger partial charge in [-0.2, -0.15) is 0 Å². The van der Waals surface area contributed by atoms with Gasteiger partial charge < -0.3 is 9.72 Å². The Morgan fingerprint density at radius 1 is 1.22 bits per heavy atom. The Bertz CT molecular complexity index is 883. The minimum atomic E-state index is 0.0931. The van der Waals surface area contributed by atoms with E-state index in [1.807, 2.05) is 67.3 Å². The van der Waals surface area contributed by atoms with Gasteiger partial charge in [-0.05, 0) is 56.4 Å². The number of hydrogen-bond donors (Lipinski definition) is 2. The number of para-hydroxylation sites is 1. The number of nitrogens with zero attached hydrogens (tertiary/aromatic N) is 1. The van der Waals surface area contributed by atoms with Crippen LogP contribution in [0.5, 0.6) is 5.75 Å². The van der Waals surface area contributed by atoms with Gasteiger partial charge in [0, 0.05) is 11.7 Å². The SMILES string of the molecule is CC(C)N(C(=N)Oc1ccccc1)c1ccc2[nH]c(=S)sc2c1. The summed E-state index contributed by atoms with van der Waals surface area (Å²) in [5, 5.41) is 8.34. The van der Waals surface area contributed by atoms with Crippen molar-refractivity contribution in [1.82, 2.24) is 4.98 Å². The Morgan fingerprint density at radius 2 is 1.96 bits per heavy atom. The van der Waals surface area contributed by atoms with Gasteiger partial charge in [0.1, 0.15) is 5.75 Å². The van der Waals surface area contributed by atoms with E-state index in [2.05, 4.69) is 4.98 Å². The molecule has 23 heavy (non-hydrogen) atoms. The van der Waals surface area contributed by atoms with Crippen molar-refractivity contribution in [2.24, 2.45) is 0 Å². The molecule has 0 aliphatic carbocycles. The predicted molar refractivity (Wildman–Crippen MR) is 99.4 cm³/mol. The van der Waals surface area contributed by atoms with Crippen LogP contribution in [0.25, 0.3) is 10.2 Å². The second kappa shape index (κ2) is 6.52. The Balaban J connectivity index is 1.93. The standard InChI is InChI=1S/C17H17N3OS2/c1-11(2)20(16(18)21-13-6-4-3-5-7-13)12-8-9-14-15(10-12)23-17(22)19-14/h3-11,18H,1-2H3,(H,19,22). The molecule has 1 heterocycles. The van der Waals surface area contributed by atoms with Crippen molar-refractivity contribution in [1.29, 1.82) is 5.41 Å². The van der Waals surface area contributed by atoms with E-state index >= 15 is 0 Å². The van der Waals surface area contributed by atoms with Gasteiger partial charge in [0.05, 0.1) is 10.2 Å². The number of fused-ring (bicyclic) bond motifs is 1. The lowest BCUT2D eigenvalue weighted by Crippen LogP contribution is -2.39. The van der Waals surface area contributed by atoms with E-state index in [1.165, 1.54) is 11.3 Å². The smallest absolute Gasteiger partial charge is 0.294 e. The van der Waals surface area contributed by atoms with Gasteiger partial charge in [0.25, 0.3) is 6.02 Å². The Kier molecular flexibility index (Phi) is 4.45. The first-order chi connectivity index (χ1) is 11.0. The van der Waals surface area contributed by atoms with Gasteiger partial charge in [-0.15, -0.1) is 11.3 Å². The summed E-state index contributed by atoms with van der Waals surface area (Å²) in [6.07, 6.45) is 0. The Hall–Kier alpha value is -2.18. The molecule has 0 aliphatic heterocycles. The summed E-state index contributed by atoms with van der Waals surface area (Å²) in [5.74, 6) is 0.654. The van der Waals surface area contributed by atoms with E-state index in [9.17, 15) is 0 Å². The zero-order chi connectivity index (χ0) is 16.4. The minimum Gasteiger partial charge on any atom is -0.426 e. The predicted octanol–water partition coefficient (Wildman–Crippen LogP) is 5.19. The number of H-pyrrole nitrogens is 1. The van der Waals surface area contributed by atoms with Crippen LogP contribution in [-0.2, 0) is 0 Å². The molecule has 0 spiro atoms. The summed E-state index contributed by atoms with van der Waals surface area (Å²) in [4.78, 5) is 5.01. The van der Waals surface area contributed by atoms with Crippen molar-refractivity contribution in [2.75, 3.05) is 4.90 Å². The Morgan fingerprint density at radius 3 is 2.65 bits per heavy atom. The van der Waals surface area contributed by atoms with Crippen LogP contribution in [0.15, 0.2) is 48.5 Å². The molecule has 0 unspecified atom stereocenters. The van der Waals surface area contributed by atoms with Crippen LogP contribution >= 0.6 is 23.6 Å². The lowest BCUT2D eigenvalue weighted by Gasteiger charge is -2.28. The molecule has 0 aliphatic rings. The Labute approximate surface area is 143 Å². The van der Waals surface area contributed by atoms with Crippen molar-refractivity contribution in [3.05, 3.63) is 52.5 Å². The summed E-state index contributed by atoms with van der Waals surface area (Å²) < 4.78 is 7.52. The molecule has 1 aromatic heterocycles. The normalized spacial score (nSPS) is 10.9. The molecule has 118 valence electrons. The van der Waals surface area contributed by atoms with E-state index in [1.54, 1.807) is 0 Å². The summed E-state index contributed by atoms with van der Waals surface area (Å²) in [6, 6.07) is 15.6. The van der Waals surface area contributed by atoms with Crippen molar-refractivity contribution < 1.29 is 4.74 Å². The third-order valence-electron chi connectivity index (χ3n) is 3.38. The third kappa shape index (κ3) is 3.43. The summed E-state index contributed by atoms with van der Waals surface area (Å²) >= 11 is 6.73. The maximum absolute atomic E-state index is 8.34. The number of benzene rings is 2. The fraction of sp³-hybridized carbons (Fsp3) is 0.176. The number of hydrogen-bond acceptors (Lipinski definition) is 4. The van der Waals surface area contributed by atoms with E-state index < -0.39 is 0 Å². The highest BCUT2D eigenvalue weighted by molar-refractivity contribution is 7.73. The second-order valence-corrected chi connectivity index (χ2v) is 7.10. The van der Waals surface area contributed by atoms with Gasteiger partial charge in [0.15, 0.2) is 3.95 Å². The molecule has 3 rings (SSSR count). The molecule has 0 saturated heterocycles. The number of ether oxygens (including phenoxy) is 1. The number of anilines is 1. The summed E-state index contributed by atoms with van der Waals surface area (Å²) in [5.41, 5.74) is 1.93. The molecule has 4 nitrogen and oxygen atoms in total. The number of rotatable bonds is 3. The molecular weight excluding hydrogens is 326 g/mol. The molecule has 0 amide bonds. The van der Waals surface area contributed by atoms with Crippen molar-refractivity contribution in [2.45, 2.75) is 19.9 Å². The van der Waals surface area contributed by atoms with Crippen LogP contribution in [0.3, 0.4) is 0 Å². The molecule has 0 radical (unpaired) electrons. The van der Waals surface area contributed by atoms with Crippen molar-refractivity contribution in [3.63, 3.8) is 0 Å².